The molecule has 1 saturated heterocycles. The Kier molecular flexibility index (Phi) is 7.25. The number of hydrazine groups is 1. The summed E-state index contributed by atoms with van der Waals surface area (Å²) in [6.45, 7) is 3.95. The zero-order chi connectivity index (χ0) is 24.6. The summed E-state index contributed by atoms with van der Waals surface area (Å²) in [4.78, 5) is 25.8. The summed E-state index contributed by atoms with van der Waals surface area (Å²) in [6.07, 6.45) is 1.77. The second-order valence-electron chi connectivity index (χ2n) is 7.35. The lowest BCUT2D eigenvalue weighted by atomic mass is 10.2. The Bertz CT molecular complexity index is 1350. The van der Waals surface area contributed by atoms with Crippen LogP contribution in [0.2, 0.25) is 15.1 Å². The minimum absolute atomic E-state index is 0.215. The molecule has 6 nitrogen and oxygen atoms in total. The summed E-state index contributed by atoms with van der Waals surface area (Å²) in [5.41, 5.74) is 6.68. The molecule has 2 heterocycles. The van der Waals surface area contributed by atoms with Gasteiger partial charge in [0.2, 0.25) is 0 Å². The number of hydrogen-bond donors (Lipinski definition) is 2. The van der Waals surface area contributed by atoms with E-state index in [-0.39, 0.29) is 4.32 Å². The molecule has 3 amide bonds. The quantitative estimate of drug-likeness (QED) is 0.271. The summed E-state index contributed by atoms with van der Waals surface area (Å²) in [5, 5.41) is 4.95. The van der Waals surface area contributed by atoms with Gasteiger partial charge in [0, 0.05) is 27.8 Å². The van der Waals surface area contributed by atoms with Gasteiger partial charge in [0.25, 0.3) is 5.91 Å². The van der Waals surface area contributed by atoms with Crippen molar-refractivity contribution in [3.8, 4) is 5.69 Å². The Morgan fingerprint density at radius 1 is 1.03 bits per heavy atom. The number of hydrogen-bond acceptors (Lipinski definition) is 4. The van der Waals surface area contributed by atoms with Crippen molar-refractivity contribution in [2.75, 3.05) is 5.32 Å². The number of carbonyl (C=O) groups is 2. The highest BCUT2D eigenvalue weighted by Gasteiger charge is 2.34. The molecule has 174 valence electrons. The standard InChI is InChI=1S/C23H17Cl3N4O2S2/c1-12-9-14(13(2)29(12)17-6-3-15(24)4-7-17)10-20-21(31)30(23(33)34-20)28-22(32)27-16-5-8-18(25)19(26)11-16/h3-11H,1-2H3,(H2,27,28,32)/b20-10+. The van der Waals surface area contributed by atoms with Gasteiger partial charge < -0.3 is 9.88 Å². The number of anilines is 1. The third-order valence-electron chi connectivity index (χ3n) is 5.03. The summed E-state index contributed by atoms with van der Waals surface area (Å²) in [5.74, 6) is -0.421. The van der Waals surface area contributed by atoms with Gasteiger partial charge in [-0.3, -0.25) is 4.79 Å². The smallest absolute Gasteiger partial charge is 0.318 e. The Labute approximate surface area is 220 Å². The average molecular weight is 552 g/mol. The molecular formula is C23H17Cl3N4O2S2. The SMILES string of the molecule is Cc1cc(/C=C2/SC(=S)N(NC(=O)Nc3ccc(Cl)c(Cl)c3)C2=O)c(C)n1-c1ccc(Cl)cc1. The molecule has 1 aromatic heterocycles. The molecule has 3 aromatic rings. The van der Waals surface area contributed by atoms with Crippen LogP contribution in [0, 0.1) is 13.8 Å². The van der Waals surface area contributed by atoms with Crippen molar-refractivity contribution in [2.24, 2.45) is 0 Å². The fraction of sp³-hybridized carbons (Fsp3) is 0.0870. The Morgan fingerprint density at radius 3 is 2.41 bits per heavy atom. The number of carbonyl (C=O) groups excluding carboxylic acids is 2. The normalized spacial score (nSPS) is 14.7. The molecule has 1 aliphatic rings. The molecule has 0 spiro atoms. The summed E-state index contributed by atoms with van der Waals surface area (Å²) in [6, 6.07) is 13.5. The molecule has 0 atom stereocenters. The van der Waals surface area contributed by atoms with Gasteiger partial charge in [0.05, 0.1) is 15.0 Å². The number of halogens is 3. The average Bonchev–Trinajstić information content (AvgIpc) is 3.21. The van der Waals surface area contributed by atoms with Crippen molar-refractivity contribution < 1.29 is 9.59 Å². The predicted octanol–water partition coefficient (Wildman–Crippen LogP) is 6.99. The monoisotopic (exact) mass is 550 g/mol. The van der Waals surface area contributed by atoms with Crippen molar-refractivity contribution >= 4 is 86.8 Å². The number of thiocarbonyl (C=S) groups is 1. The van der Waals surface area contributed by atoms with Gasteiger partial charge in [-0.25, -0.2) is 10.2 Å². The van der Waals surface area contributed by atoms with E-state index >= 15 is 0 Å². The molecule has 0 bridgehead atoms. The van der Waals surface area contributed by atoms with Crippen molar-refractivity contribution in [1.29, 1.82) is 0 Å². The molecule has 34 heavy (non-hydrogen) atoms. The first kappa shape index (κ1) is 24.6. The van der Waals surface area contributed by atoms with Crippen LogP contribution in [0.5, 0.6) is 0 Å². The van der Waals surface area contributed by atoms with Crippen molar-refractivity contribution in [2.45, 2.75) is 13.8 Å². The van der Waals surface area contributed by atoms with Crippen molar-refractivity contribution in [3.05, 3.63) is 85.5 Å². The lowest BCUT2D eigenvalue weighted by molar-refractivity contribution is -0.123. The molecular weight excluding hydrogens is 535 g/mol. The molecule has 1 fully saturated rings. The van der Waals surface area contributed by atoms with Crippen molar-refractivity contribution in [3.63, 3.8) is 0 Å². The number of aromatic nitrogens is 1. The molecule has 1 aliphatic heterocycles. The van der Waals surface area contributed by atoms with E-state index < -0.39 is 11.9 Å². The molecule has 4 rings (SSSR count). The van der Waals surface area contributed by atoms with Crippen LogP contribution in [-0.2, 0) is 4.79 Å². The first-order chi connectivity index (χ1) is 16.1. The van der Waals surface area contributed by atoms with Crippen LogP contribution in [0.15, 0.2) is 53.4 Å². The van der Waals surface area contributed by atoms with E-state index in [1.54, 1.807) is 18.2 Å². The zero-order valence-electron chi connectivity index (χ0n) is 17.9. The van der Waals surface area contributed by atoms with Crippen molar-refractivity contribution in [1.82, 2.24) is 15.0 Å². The molecule has 0 unspecified atom stereocenters. The largest absolute Gasteiger partial charge is 0.338 e. The van der Waals surface area contributed by atoms with E-state index in [1.807, 2.05) is 44.2 Å². The number of thioether (sulfide) groups is 1. The highest BCUT2D eigenvalue weighted by molar-refractivity contribution is 8.26. The third-order valence-corrected chi connectivity index (χ3v) is 7.32. The van der Waals surface area contributed by atoms with Gasteiger partial charge in [-0.2, -0.15) is 5.01 Å². The molecule has 0 radical (unpaired) electrons. The maximum absolute atomic E-state index is 13.0. The van der Waals surface area contributed by atoms with E-state index in [0.29, 0.717) is 25.7 Å². The Balaban J connectivity index is 1.52. The number of rotatable bonds is 4. The van der Waals surface area contributed by atoms with E-state index in [1.165, 1.54) is 6.07 Å². The van der Waals surface area contributed by atoms with Crippen LogP contribution in [-0.4, -0.2) is 25.8 Å². The molecule has 0 saturated carbocycles. The maximum atomic E-state index is 13.0. The van der Waals surface area contributed by atoms with Crippen LogP contribution in [0.4, 0.5) is 10.5 Å². The van der Waals surface area contributed by atoms with Gasteiger partial charge in [0.1, 0.15) is 0 Å². The Hall–Kier alpha value is -2.49. The van der Waals surface area contributed by atoms with Crippen LogP contribution in [0.3, 0.4) is 0 Å². The predicted molar refractivity (Wildman–Crippen MR) is 144 cm³/mol. The summed E-state index contributed by atoms with van der Waals surface area (Å²) >= 11 is 24.3. The minimum Gasteiger partial charge on any atom is -0.318 e. The summed E-state index contributed by atoms with van der Waals surface area (Å²) < 4.78 is 2.29. The highest BCUT2D eigenvalue weighted by atomic mass is 35.5. The van der Waals surface area contributed by atoms with Crippen LogP contribution < -0.4 is 10.7 Å². The van der Waals surface area contributed by atoms with Crippen LogP contribution in [0.25, 0.3) is 11.8 Å². The minimum atomic E-state index is -0.642. The van der Waals surface area contributed by atoms with Gasteiger partial charge >= 0.3 is 6.03 Å². The van der Waals surface area contributed by atoms with Gasteiger partial charge in [-0.05, 0) is 86.2 Å². The Morgan fingerprint density at radius 2 is 1.74 bits per heavy atom. The number of aryl methyl sites for hydroxylation is 1. The number of amides is 3. The molecule has 2 aromatic carbocycles. The first-order valence-electron chi connectivity index (χ1n) is 9.89. The molecule has 0 aliphatic carbocycles. The number of benzene rings is 2. The topological polar surface area (TPSA) is 66.4 Å². The van der Waals surface area contributed by atoms with Gasteiger partial charge in [0.15, 0.2) is 4.32 Å². The number of urea groups is 1. The van der Waals surface area contributed by atoms with Crippen LogP contribution >= 0.6 is 58.8 Å². The lowest BCUT2D eigenvalue weighted by Crippen LogP contribution is -2.46. The second kappa shape index (κ2) is 10.0. The van der Waals surface area contributed by atoms with E-state index in [0.717, 1.165) is 39.4 Å². The molecule has 11 heteroatoms. The zero-order valence-corrected chi connectivity index (χ0v) is 21.8. The van der Waals surface area contributed by atoms with E-state index in [2.05, 4.69) is 15.3 Å². The van der Waals surface area contributed by atoms with E-state index in [4.69, 9.17) is 47.0 Å². The maximum Gasteiger partial charge on any atom is 0.338 e. The highest BCUT2D eigenvalue weighted by Crippen LogP contribution is 2.33. The van der Waals surface area contributed by atoms with Gasteiger partial charge in [-0.1, -0.05) is 46.6 Å². The molecule has 2 N–H and O–H groups in total. The van der Waals surface area contributed by atoms with Gasteiger partial charge in [-0.15, -0.1) is 0 Å². The third kappa shape index (κ3) is 5.11. The van der Waals surface area contributed by atoms with Crippen LogP contribution in [0.1, 0.15) is 17.0 Å². The first-order valence-corrected chi connectivity index (χ1v) is 12.3. The summed E-state index contributed by atoms with van der Waals surface area (Å²) in [7, 11) is 0. The van der Waals surface area contributed by atoms with E-state index in [9.17, 15) is 9.59 Å². The fourth-order valence-electron chi connectivity index (χ4n) is 3.46. The number of nitrogens with one attached hydrogen (secondary N) is 2. The lowest BCUT2D eigenvalue weighted by Gasteiger charge is -2.16. The fourth-order valence-corrected chi connectivity index (χ4v) is 5.06. The number of nitrogens with zero attached hydrogens (tertiary/aromatic N) is 2. The second-order valence-corrected chi connectivity index (χ2v) is 10.3.